The van der Waals surface area contributed by atoms with Gasteiger partial charge in [-0.1, -0.05) is 5.21 Å². The molecule has 0 aliphatic carbocycles. The SMILES string of the molecule is Cn1nncc1-c1ccc(F)c(F)c1. The van der Waals surface area contributed by atoms with E-state index in [2.05, 4.69) is 10.3 Å². The van der Waals surface area contributed by atoms with Gasteiger partial charge in [0.1, 0.15) is 0 Å². The van der Waals surface area contributed by atoms with Crippen molar-refractivity contribution >= 4 is 0 Å². The van der Waals surface area contributed by atoms with E-state index >= 15 is 0 Å². The molecule has 14 heavy (non-hydrogen) atoms. The molecule has 0 saturated heterocycles. The average Bonchev–Trinajstić information content (AvgIpc) is 2.57. The first kappa shape index (κ1) is 8.80. The molecule has 1 heterocycles. The lowest BCUT2D eigenvalue weighted by Gasteiger charge is -2.00. The summed E-state index contributed by atoms with van der Waals surface area (Å²) in [6.07, 6.45) is 1.49. The summed E-state index contributed by atoms with van der Waals surface area (Å²) in [7, 11) is 1.68. The molecule has 0 atom stereocenters. The number of aryl methyl sites for hydroxylation is 1. The second kappa shape index (κ2) is 3.17. The molecule has 0 N–H and O–H groups in total. The van der Waals surface area contributed by atoms with Gasteiger partial charge in [0.05, 0.1) is 11.9 Å². The first-order valence-electron chi connectivity index (χ1n) is 3.98. The van der Waals surface area contributed by atoms with Gasteiger partial charge in [-0.2, -0.15) is 0 Å². The summed E-state index contributed by atoms with van der Waals surface area (Å²) >= 11 is 0. The van der Waals surface area contributed by atoms with Crippen molar-refractivity contribution in [1.29, 1.82) is 0 Å². The van der Waals surface area contributed by atoms with Crippen LogP contribution >= 0.6 is 0 Å². The second-order valence-corrected chi connectivity index (χ2v) is 2.87. The first-order chi connectivity index (χ1) is 6.68. The molecule has 0 radical (unpaired) electrons. The zero-order valence-corrected chi connectivity index (χ0v) is 7.41. The molecule has 3 nitrogen and oxygen atoms in total. The first-order valence-corrected chi connectivity index (χ1v) is 3.98. The van der Waals surface area contributed by atoms with E-state index in [1.165, 1.54) is 16.9 Å². The van der Waals surface area contributed by atoms with E-state index in [0.29, 0.717) is 11.3 Å². The van der Waals surface area contributed by atoms with Crippen LogP contribution in [0.5, 0.6) is 0 Å². The molecule has 0 fully saturated rings. The summed E-state index contributed by atoms with van der Waals surface area (Å²) < 4.78 is 27.0. The van der Waals surface area contributed by atoms with Gasteiger partial charge in [0.25, 0.3) is 0 Å². The van der Waals surface area contributed by atoms with Crippen molar-refractivity contribution in [1.82, 2.24) is 15.0 Å². The van der Waals surface area contributed by atoms with E-state index < -0.39 is 11.6 Å². The summed E-state index contributed by atoms with van der Waals surface area (Å²) in [5.74, 6) is -1.73. The molecule has 0 aliphatic heterocycles. The minimum Gasteiger partial charge on any atom is -0.248 e. The third-order valence-electron chi connectivity index (χ3n) is 1.93. The molecule has 0 bridgehead atoms. The van der Waals surface area contributed by atoms with Crippen molar-refractivity contribution in [2.45, 2.75) is 0 Å². The van der Waals surface area contributed by atoms with Gasteiger partial charge in [0.15, 0.2) is 11.6 Å². The van der Waals surface area contributed by atoms with Crippen LogP contribution in [0.1, 0.15) is 0 Å². The van der Waals surface area contributed by atoms with E-state index in [0.717, 1.165) is 12.1 Å². The lowest BCUT2D eigenvalue weighted by molar-refractivity contribution is 0.509. The minimum atomic E-state index is -0.872. The Balaban J connectivity index is 2.53. The third-order valence-corrected chi connectivity index (χ3v) is 1.93. The predicted molar refractivity (Wildman–Crippen MR) is 46.4 cm³/mol. The van der Waals surface area contributed by atoms with Crippen LogP contribution in [-0.2, 0) is 7.05 Å². The maximum atomic E-state index is 12.9. The molecular weight excluding hydrogens is 188 g/mol. The zero-order chi connectivity index (χ0) is 10.1. The Morgan fingerprint density at radius 2 is 2.00 bits per heavy atom. The molecule has 0 spiro atoms. The summed E-state index contributed by atoms with van der Waals surface area (Å²) in [4.78, 5) is 0. The third kappa shape index (κ3) is 1.37. The fourth-order valence-corrected chi connectivity index (χ4v) is 1.21. The van der Waals surface area contributed by atoms with E-state index in [1.807, 2.05) is 0 Å². The van der Waals surface area contributed by atoms with Gasteiger partial charge in [-0.3, -0.25) is 0 Å². The molecule has 72 valence electrons. The monoisotopic (exact) mass is 195 g/mol. The van der Waals surface area contributed by atoms with E-state index in [9.17, 15) is 8.78 Å². The number of hydrogen-bond acceptors (Lipinski definition) is 2. The Bertz CT molecular complexity index is 465. The molecule has 2 aromatic rings. The smallest absolute Gasteiger partial charge is 0.159 e. The summed E-state index contributed by atoms with van der Waals surface area (Å²) in [6.45, 7) is 0. The van der Waals surface area contributed by atoms with Gasteiger partial charge in [-0.25, -0.2) is 13.5 Å². The molecule has 5 heteroatoms. The van der Waals surface area contributed by atoms with Crippen LogP contribution in [-0.4, -0.2) is 15.0 Å². The van der Waals surface area contributed by atoms with Crippen LogP contribution in [0.3, 0.4) is 0 Å². The van der Waals surface area contributed by atoms with Crippen LogP contribution in [0.2, 0.25) is 0 Å². The van der Waals surface area contributed by atoms with Gasteiger partial charge in [-0.05, 0) is 18.2 Å². The van der Waals surface area contributed by atoms with Crippen molar-refractivity contribution in [3.05, 3.63) is 36.0 Å². The van der Waals surface area contributed by atoms with Crippen molar-refractivity contribution in [2.75, 3.05) is 0 Å². The Labute approximate surface area is 79.0 Å². The largest absolute Gasteiger partial charge is 0.248 e. The standard InChI is InChI=1S/C9H7F2N3/c1-14-9(5-12-13-14)6-2-3-7(10)8(11)4-6/h2-5H,1H3. The van der Waals surface area contributed by atoms with Crippen molar-refractivity contribution in [3.63, 3.8) is 0 Å². The number of nitrogens with zero attached hydrogens (tertiary/aromatic N) is 3. The van der Waals surface area contributed by atoms with Gasteiger partial charge in [0.2, 0.25) is 0 Å². The Morgan fingerprint density at radius 1 is 1.21 bits per heavy atom. The highest BCUT2D eigenvalue weighted by molar-refractivity contribution is 5.58. The van der Waals surface area contributed by atoms with Crippen molar-refractivity contribution < 1.29 is 8.78 Å². The molecule has 2 rings (SSSR count). The second-order valence-electron chi connectivity index (χ2n) is 2.87. The Kier molecular flexibility index (Phi) is 1.99. The predicted octanol–water partition coefficient (Wildman–Crippen LogP) is 1.76. The molecule has 0 unspecified atom stereocenters. The quantitative estimate of drug-likeness (QED) is 0.694. The van der Waals surface area contributed by atoms with Gasteiger partial charge in [-0.15, -0.1) is 5.10 Å². The summed E-state index contributed by atoms with van der Waals surface area (Å²) in [5, 5.41) is 7.34. The minimum absolute atomic E-state index is 0.552. The lowest BCUT2D eigenvalue weighted by Crippen LogP contribution is -1.94. The van der Waals surface area contributed by atoms with E-state index in [-0.39, 0.29) is 0 Å². The highest BCUT2D eigenvalue weighted by Gasteiger charge is 2.07. The number of hydrogen-bond donors (Lipinski definition) is 0. The number of benzene rings is 1. The number of halogens is 2. The van der Waals surface area contributed by atoms with Gasteiger partial charge >= 0.3 is 0 Å². The molecule has 1 aromatic heterocycles. The van der Waals surface area contributed by atoms with Crippen LogP contribution < -0.4 is 0 Å². The topological polar surface area (TPSA) is 30.7 Å². The van der Waals surface area contributed by atoms with Gasteiger partial charge < -0.3 is 0 Å². The van der Waals surface area contributed by atoms with E-state index in [1.54, 1.807) is 7.05 Å². The summed E-state index contributed by atoms with van der Waals surface area (Å²) in [6, 6.07) is 3.68. The van der Waals surface area contributed by atoms with Crippen molar-refractivity contribution in [3.8, 4) is 11.3 Å². The summed E-state index contributed by atoms with van der Waals surface area (Å²) in [5.41, 5.74) is 1.19. The lowest BCUT2D eigenvalue weighted by atomic mass is 10.1. The van der Waals surface area contributed by atoms with E-state index in [4.69, 9.17) is 0 Å². The fraction of sp³-hybridized carbons (Fsp3) is 0.111. The maximum absolute atomic E-state index is 12.9. The fourth-order valence-electron chi connectivity index (χ4n) is 1.21. The number of rotatable bonds is 1. The molecule has 1 aromatic carbocycles. The van der Waals surface area contributed by atoms with Crippen LogP contribution in [0.15, 0.2) is 24.4 Å². The van der Waals surface area contributed by atoms with Crippen LogP contribution in [0, 0.1) is 11.6 Å². The highest BCUT2D eigenvalue weighted by atomic mass is 19.2. The average molecular weight is 195 g/mol. The normalized spacial score (nSPS) is 10.5. The number of aromatic nitrogens is 3. The van der Waals surface area contributed by atoms with Gasteiger partial charge in [0, 0.05) is 12.6 Å². The Morgan fingerprint density at radius 3 is 2.57 bits per heavy atom. The maximum Gasteiger partial charge on any atom is 0.159 e. The molecule has 0 aliphatic rings. The van der Waals surface area contributed by atoms with Crippen molar-refractivity contribution in [2.24, 2.45) is 7.05 Å². The van der Waals surface area contributed by atoms with Crippen LogP contribution in [0.4, 0.5) is 8.78 Å². The molecule has 0 saturated carbocycles. The Hall–Kier alpha value is -1.78. The zero-order valence-electron chi connectivity index (χ0n) is 7.41. The highest BCUT2D eigenvalue weighted by Crippen LogP contribution is 2.19. The molecular formula is C9H7F2N3. The van der Waals surface area contributed by atoms with Crippen LogP contribution in [0.25, 0.3) is 11.3 Å². The molecule has 0 amide bonds.